The summed E-state index contributed by atoms with van der Waals surface area (Å²) in [7, 11) is 0. The van der Waals surface area contributed by atoms with Crippen molar-refractivity contribution < 1.29 is 5.11 Å². The lowest BCUT2D eigenvalue weighted by atomic mass is 10.0. The van der Waals surface area contributed by atoms with Crippen molar-refractivity contribution in [3.8, 4) is 0 Å². The molecule has 0 spiro atoms. The second kappa shape index (κ2) is 4.72. The van der Waals surface area contributed by atoms with E-state index >= 15 is 0 Å². The van der Waals surface area contributed by atoms with Crippen LogP contribution in [0.3, 0.4) is 0 Å². The Morgan fingerprint density at radius 1 is 1.64 bits per heavy atom. The van der Waals surface area contributed by atoms with Gasteiger partial charge in [-0.05, 0) is 24.5 Å². The smallest absolute Gasteiger partial charge is 0.203 e. The van der Waals surface area contributed by atoms with Crippen molar-refractivity contribution in [3.63, 3.8) is 0 Å². The van der Waals surface area contributed by atoms with Crippen LogP contribution < -0.4 is 0 Å². The highest BCUT2D eigenvalue weighted by Crippen LogP contribution is 2.09. The molecule has 1 atom stereocenters. The zero-order valence-electron chi connectivity index (χ0n) is 7.17. The van der Waals surface area contributed by atoms with Gasteiger partial charge in [-0.1, -0.05) is 20.4 Å². The Bertz CT molecular complexity index is 182. The Labute approximate surface area is 68.0 Å². The number of aliphatic hydroxyl groups excluding tert-OH is 1. The zero-order chi connectivity index (χ0) is 8.85. The summed E-state index contributed by atoms with van der Waals surface area (Å²) in [6, 6.07) is 0. The van der Waals surface area contributed by atoms with Gasteiger partial charge < -0.3 is 5.11 Å². The lowest BCUT2D eigenvalue weighted by Crippen LogP contribution is -1.97. The van der Waals surface area contributed by atoms with E-state index in [1.54, 1.807) is 6.21 Å². The molecular weight excluding hydrogens is 138 g/mol. The molecule has 1 unspecified atom stereocenters. The van der Waals surface area contributed by atoms with Crippen molar-refractivity contribution in [1.82, 2.24) is 0 Å². The Kier molecular flexibility index (Phi) is 4.27. The molecule has 1 N–H and O–H groups in total. The van der Waals surface area contributed by atoms with Gasteiger partial charge >= 0.3 is 0 Å². The second-order valence-corrected chi connectivity index (χ2v) is 2.56. The number of rotatable bonds is 4. The van der Waals surface area contributed by atoms with Crippen LogP contribution in [0.15, 0.2) is 29.6 Å². The summed E-state index contributed by atoms with van der Waals surface area (Å²) in [4.78, 5) is 3.63. The summed E-state index contributed by atoms with van der Waals surface area (Å²) in [5.74, 6) is 0.243. The van der Waals surface area contributed by atoms with Gasteiger partial charge in [-0.2, -0.15) is 0 Å². The lowest BCUT2D eigenvalue weighted by Gasteiger charge is -2.05. The molecular formula is C9H15NO. The van der Waals surface area contributed by atoms with Crippen LogP contribution in [0.25, 0.3) is 0 Å². The zero-order valence-corrected chi connectivity index (χ0v) is 7.17. The molecule has 0 aromatic carbocycles. The second-order valence-electron chi connectivity index (χ2n) is 2.56. The summed E-state index contributed by atoms with van der Waals surface area (Å²) in [5, 5.41) is 8.62. The fourth-order valence-corrected chi connectivity index (χ4v) is 0.547. The summed E-state index contributed by atoms with van der Waals surface area (Å²) in [6.45, 7) is 11.2. The van der Waals surface area contributed by atoms with E-state index in [1.807, 2.05) is 0 Å². The normalized spacial score (nSPS) is 13.3. The SMILES string of the molecule is C=C(O)/N=C\C(=C)C(C)CC. The van der Waals surface area contributed by atoms with Crippen LogP contribution in [-0.4, -0.2) is 11.3 Å². The van der Waals surface area contributed by atoms with Crippen molar-refractivity contribution in [2.24, 2.45) is 10.9 Å². The maximum atomic E-state index is 8.62. The van der Waals surface area contributed by atoms with Crippen LogP contribution in [0.5, 0.6) is 0 Å². The van der Waals surface area contributed by atoms with Gasteiger partial charge in [0.1, 0.15) is 0 Å². The van der Waals surface area contributed by atoms with Gasteiger partial charge in [0.2, 0.25) is 5.88 Å². The van der Waals surface area contributed by atoms with Crippen LogP contribution in [-0.2, 0) is 0 Å². The van der Waals surface area contributed by atoms with Crippen LogP contribution in [0.1, 0.15) is 20.3 Å². The molecule has 0 saturated carbocycles. The molecule has 0 amide bonds. The Morgan fingerprint density at radius 3 is 2.55 bits per heavy atom. The molecule has 0 fully saturated rings. The van der Waals surface area contributed by atoms with Crippen LogP contribution in [0.2, 0.25) is 0 Å². The first-order valence-corrected chi connectivity index (χ1v) is 3.68. The highest BCUT2D eigenvalue weighted by Gasteiger charge is 1.99. The maximum absolute atomic E-state index is 8.62. The van der Waals surface area contributed by atoms with E-state index < -0.39 is 0 Å². The van der Waals surface area contributed by atoms with Crippen LogP contribution in [0, 0.1) is 5.92 Å². The van der Waals surface area contributed by atoms with Crippen LogP contribution >= 0.6 is 0 Å². The van der Waals surface area contributed by atoms with Gasteiger partial charge in [-0.15, -0.1) is 0 Å². The number of hydrogen-bond donors (Lipinski definition) is 1. The third-order valence-corrected chi connectivity index (χ3v) is 1.62. The standard InChI is InChI=1S/C9H15NO/c1-5-7(2)8(3)6-10-9(4)11/h6-7,11H,3-5H2,1-2H3/b10-6-. The van der Waals surface area contributed by atoms with Gasteiger partial charge in [-0.3, -0.25) is 0 Å². The Hall–Kier alpha value is -1.05. The monoisotopic (exact) mass is 153 g/mol. The average molecular weight is 153 g/mol. The van der Waals surface area contributed by atoms with E-state index in [2.05, 4.69) is 32.0 Å². The highest BCUT2D eigenvalue weighted by atomic mass is 16.3. The molecule has 0 radical (unpaired) electrons. The minimum Gasteiger partial charge on any atom is -0.494 e. The quantitative estimate of drug-likeness (QED) is 0.488. The molecule has 0 heterocycles. The van der Waals surface area contributed by atoms with Gasteiger partial charge in [0.25, 0.3) is 0 Å². The van der Waals surface area contributed by atoms with Crippen LogP contribution in [0.4, 0.5) is 0 Å². The molecule has 0 rings (SSSR count). The molecule has 11 heavy (non-hydrogen) atoms. The highest BCUT2D eigenvalue weighted by molar-refractivity contribution is 5.78. The van der Waals surface area contributed by atoms with Crippen molar-refractivity contribution >= 4 is 6.21 Å². The minimum atomic E-state index is -0.172. The predicted molar refractivity (Wildman–Crippen MR) is 48.9 cm³/mol. The molecule has 0 aliphatic rings. The number of allylic oxidation sites excluding steroid dienone is 1. The van der Waals surface area contributed by atoms with Gasteiger partial charge in [0.15, 0.2) is 0 Å². The van der Waals surface area contributed by atoms with Crippen molar-refractivity contribution in [1.29, 1.82) is 0 Å². The largest absolute Gasteiger partial charge is 0.494 e. The molecule has 2 nitrogen and oxygen atoms in total. The van der Waals surface area contributed by atoms with Gasteiger partial charge in [-0.25, -0.2) is 4.99 Å². The number of aliphatic hydroxyl groups is 1. The predicted octanol–water partition coefficient (Wildman–Crippen LogP) is 2.69. The minimum absolute atomic E-state index is 0.172. The molecule has 0 aromatic heterocycles. The molecule has 0 aliphatic carbocycles. The van der Waals surface area contributed by atoms with Crippen molar-refractivity contribution in [2.75, 3.05) is 0 Å². The molecule has 0 aromatic rings. The Balaban J connectivity index is 3.96. The maximum Gasteiger partial charge on any atom is 0.203 e. The van der Waals surface area contributed by atoms with Crippen molar-refractivity contribution in [2.45, 2.75) is 20.3 Å². The topological polar surface area (TPSA) is 32.6 Å². The van der Waals surface area contributed by atoms with E-state index in [-0.39, 0.29) is 5.88 Å². The molecule has 0 aliphatic heterocycles. The van der Waals surface area contributed by atoms with E-state index in [1.165, 1.54) is 0 Å². The first-order chi connectivity index (χ1) is 5.07. The Morgan fingerprint density at radius 2 is 2.18 bits per heavy atom. The molecule has 0 bridgehead atoms. The summed E-state index contributed by atoms with van der Waals surface area (Å²) < 4.78 is 0. The van der Waals surface area contributed by atoms with E-state index in [0.29, 0.717) is 5.92 Å². The number of hydrogen-bond acceptors (Lipinski definition) is 2. The first kappa shape index (κ1) is 9.95. The fourth-order valence-electron chi connectivity index (χ4n) is 0.547. The third-order valence-electron chi connectivity index (χ3n) is 1.62. The summed E-state index contributed by atoms with van der Waals surface area (Å²) in [5.41, 5.74) is 0.919. The average Bonchev–Trinajstić information content (AvgIpc) is 1.98. The summed E-state index contributed by atoms with van der Waals surface area (Å²) >= 11 is 0. The van der Waals surface area contributed by atoms with Crippen molar-refractivity contribution in [3.05, 3.63) is 24.6 Å². The third kappa shape index (κ3) is 4.37. The fraction of sp³-hybridized carbons (Fsp3) is 0.444. The molecule has 0 saturated heterocycles. The number of nitrogens with zero attached hydrogens (tertiary/aromatic N) is 1. The number of aliphatic imine (C=N–C) groups is 1. The van der Waals surface area contributed by atoms with Gasteiger partial charge in [0, 0.05) is 6.21 Å². The van der Waals surface area contributed by atoms with E-state index in [0.717, 1.165) is 12.0 Å². The lowest BCUT2D eigenvalue weighted by molar-refractivity contribution is 0.410. The van der Waals surface area contributed by atoms with E-state index in [9.17, 15) is 0 Å². The summed E-state index contributed by atoms with van der Waals surface area (Å²) in [6.07, 6.45) is 2.58. The molecule has 2 heteroatoms. The van der Waals surface area contributed by atoms with E-state index in [4.69, 9.17) is 5.11 Å². The first-order valence-electron chi connectivity index (χ1n) is 3.68. The van der Waals surface area contributed by atoms with Gasteiger partial charge in [0.05, 0.1) is 0 Å². The molecule has 62 valence electrons.